The SMILES string of the molecule is N#Cc1ccc(NC(=O)C[C@@H]2Nc3cccc4cccc(c34)NC2=O)cc1Cl. The third-order valence-corrected chi connectivity index (χ3v) is 4.88. The predicted molar refractivity (Wildman–Crippen MR) is 109 cm³/mol. The van der Waals surface area contributed by atoms with E-state index in [1.165, 1.54) is 12.1 Å². The Morgan fingerprint density at radius 2 is 1.89 bits per heavy atom. The Balaban J connectivity index is 1.54. The zero-order valence-corrected chi connectivity index (χ0v) is 15.4. The van der Waals surface area contributed by atoms with E-state index in [1.807, 2.05) is 42.5 Å². The molecule has 1 aliphatic rings. The molecule has 0 unspecified atom stereocenters. The summed E-state index contributed by atoms with van der Waals surface area (Å²) < 4.78 is 0. The van der Waals surface area contributed by atoms with Gasteiger partial charge in [0, 0.05) is 16.8 Å². The van der Waals surface area contributed by atoms with Crippen LogP contribution in [-0.4, -0.2) is 17.9 Å². The minimum atomic E-state index is -0.730. The number of nitrogens with zero attached hydrogens (tertiary/aromatic N) is 1. The molecule has 0 fully saturated rings. The zero-order valence-electron chi connectivity index (χ0n) is 14.6. The first kappa shape index (κ1) is 17.8. The molecule has 6 nitrogen and oxygen atoms in total. The second kappa shape index (κ2) is 7.22. The lowest BCUT2D eigenvalue weighted by atomic mass is 10.1. The average Bonchev–Trinajstić information content (AvgIpc) is 2.80. The highest BCUT2D eigenvalue weighted by Gasteiger charge is 2.26. The lowest BCUT2D eigenvalue weighted by Crippen LogP contribution is -2.36. The number of halogens is 1. The number of anilines is 3. The van der Waals surface area contributed by atoms with Crippen LogP contribution in [-0.2, 0) is 9.59 Å². The molecule has 138 valence electrons. The van der Waals surface area contributed by atoms with Gasteiger partial charge in [0.2, 0.25) is 11.8 Å². The summed E-state index contributed by atoms with van der Waals surface area (Å²) in [5, 5.41) is 19.9. The maximum atomic E-state index is 12.6. The quantitative estimate of drug-likeness (QED) is 0.626. The standard InChI is InChI=1S/C21H15ClN4O2/c22-15-9-14(8-7-13(15)11-23)24-19(27)10-18-21(28)26-17-6-2-4-12-3-1-5-16(25-18)20(12)17/h1-9,18,25H,10H2,(H,24,27)(H,26,28)/t18-/m0/s1. The van der Waals surface area contributed by atoms with Crippen molar-refractivity contribution in [3.8, 4) is 6.07 Å². The number of amides is 2. The lowest BCUT2D eigenvalue weighted by molar-refractivity contribution is -0.121. The van der Waals surface area contributed by atoms with Crippen molar-refractivity contribution in [3.63, 3.8) is 0 Å². The molecule has 4 rings (SSSR count). The van der Waals surface area contributed by atoms with Crippen molar-refractivity contribution < 1.29 is 9.59 Å². The highest BCUT2D eigenvalue weighted by Crippen LogP contribution is 2.33. The van der Waals surface area contributed by atoms with Gasteiger partial charge in [0.05, 0.1) is 22.7 Å². The third-order valence-electron chi connectivity index (χ3n) is 4.57. The van der Waals surface area contributed by atoms with E-state index in [1.54, 1.807) is 6.07 Å². The zero-order chi connectivity index (χ0) is 19.7. The summed E-state index contributed by atoms with van der Waals surface area (Å²) in [7, 11) is 0. The Morgan fingerprint density at radius 1 is 1.14 bits per heavy atom. The van der Waals surface area contributed by atoms with Gasteiger partial charge in [0.1, 0.15) is 12.1 Å². The Hall–Kier alpha value is -3.56. The van der Waals surface area contributed by atoms with Crippen LogP contribution in [0.15, 0.2) is 54.6 Å². The summed E-state index contributed by atoms with van der Waals surface area (Å²) in [4.78, 5) is 25.1. The van der Waals surface area contributed by atoms with Gasteiger partial charge < -0.3 is 16.0 Å². The van der Waals surface area contributed by atoms with E-state index in [9.17, 15) is 9.59 Å². The minimum absolute atomic E-state index is 0.0617. The number of carbonyl (C=O) groups is 2. The molecule has 3 aromatic rings. The van der Waals surface area contributed by atoms with Gasteiger partial charge in [-0.05, 0) is 35.7 Å². The van der Waals surface area contributed by atoms with Gasteiger partial charge in [-0.3, -0.25) is 9.59 Å². The summed E-state index contributed by atoms with van der Waals surface area (Å²) >= 11 is 6.00. The van der Waals surface area contributed by atoms with Crippen molar-refractivity contribution in [1.29, 1.82) is 5.26 Å². The highest BCUT2D eigenvalue weighted by atomic mass is 35.5. The molecule has 7 heteroatoms. The van der Waals surface area contributed by atoms with E-state index >= 15 is 0 Å². The van der Waals surface area contributed by atoms with Crippen LogP contribution in [0.4, 0.5) is 17.1 Å². The summed E-state index contributed by atoms with van der Waals surface area (Å²) in [5.74, 6) is -0.622. The van der Waals surface area contributed by atoms with Gasteiger partial charge in [-0.1, -0.05) is 35.9 Å². The predicted octanol–water partition coefficient (Wildman–Crippen LogP) is 4.13. The van der Waals surface area contributed by atoms with Crippen molar-refractivity contribution in [2.45, 2.75) is 12.5 Å². The van der Waals surface area contributed by atoms with Crippen LogP contribution in [0, 0.1) is 11.3 Å². The summed E-state index contributed by atoms with van der Waals surface area (Å²) in [6.07, 6.45) is -0.0617. The summed E-state index contributed by atoms with van der Waals surface area (Å²) in [6, 6.07) is 17.3. The van der Waals surface area contributed by atoms with Crippen molar-refractivity contribution in [3.05, 3.63) is 65.2 Å². The van der Waals surface area contributed by atoms with Crippen LogP contribution in [0.1, 0.15) is 12.0 Å². The summed E-state index contributed by atoms with van der Waals surface area (Å²) in [5.41, 5.74) is 2.31. The van der Waals surface area contributed by atoms with Gasteiger partial charge in [0.15, 0.2) is 0 Å². The molecule has 0 aromatic heterocycles. The van der Waals surface area contributed by atoms with E-state index < -0.39 is 6.04 Å². The van der Waals surface area contributed by atoms with Crippen LogP contribution < -0.4 is 16.0 Å². The molecule has 1 heterocycles. The molecule has 1 aliphatic heterocycles. The van der Waals surface area contributed by atoms with Gasteiger partial charge in [-0.15, -0.1) is 0 Å². The van der Waals surface area contributed by atoms with E-state index in [2.05, 4.69) is 16.0 Å². The number of hydrogen-bond donors (Lipinski definition) is 3. The van der Waals surface area contributed by atoms with Crippen LogP contribution in [0.25, 0.3) is 10.8 Å². The van der Waals surface area contributed by atoms with Crippen LogP contribution >= 0.6 is 11.6 Å². The molecule has 0 saturated carbocycles. The summed E-state index contributed by atoms with van der Waals surface area (Å²) in [6.45, 7) is 0. The van der Waals surface area contributed by atoms with Crippen molar-refractivity contribution in [2.75, 3.05) is 16.0 Å². The van der Waals surface area contributed by atoms with Crippen molar-refractivity contribution in [1.82, 2.24) is 0 Å². The smallest absolute Gasteiger partial charge is 0.247 e. The van der Waals surface area contributed by atoms with Crippen LogP contribution in [0.2, 0.25) is 5.02 Å². The minimum Gasteiger partial charge on any atom is -0.373 e. The second-order valence-corrected chi connectivity index (χ2v) is 6.86. The fourth-order valence-electron chi connectivity index (χ4n) is 3.26. The van der Waals surface area contributed by atoms with E-state index in [0.717, 1.165) is 16.5 Å². The number of nitrogens with one attached hydrogen (secondary N) is 3. The molecule has 0 aliphatic carbocycles. The maximum Gasteiger partial charge on any atom is 0.247 e. The molecule has 28 heavy (non-hydrogen) atoms. The first-order valence-corrected chi connectivity index (χ1v) is 9.01. The third kappa shape index (κ3) is 3.36. The Kier molecular flexibility index (Phi) is 4.60. The van der Waals surface area contributed by atoms with Gasteiger partial charge in [0.25, 0.3) is 0 Å². The van der Waals surface area contributed by atoms with Gasteiger partial charge in [-0.25, -0.2) is 0 Å². The molecule has 0 spiro atoms. The monoisotopic (exact) mass is 390 g/mol. The van der Waals surface area contributed by atoms with E-state index in [0.29, 0.717) is 16.9 Å². The fourth-order valence-corrected chi connectivity index (χ4v) is 3.49. The van der Waals surface area contributed by atoms with E-state index in [-0.39, 0.29) is 23.3 Å². The molecular weight excluding hydrogens is 376 g/mol. The van der Waals surface area contributed by atoms with Gasteiger partial charge >= 0.3 is 0 Å². The average molecular weight is 391 g/mol. The molecule has 1 atom stereocenters. The second-order valence-electron chi connectivity index (χ2n) is 6.45. The van der Waals surface area contributed by atoms with Crippen LogP contribution in [0.3, 0.4) is 0 Å². The topological polar surface area (TPSA) is 94.0 Å². The number of carbonyl (C=O) groups excluding carboxylic acids is 2. The first-order valence-electron chi connectivity index (χ1n) is 8.64. The first-order chi connectivity index (χ1) is 13.5. The number of rotatable bonds is 3. The largest absolute Gasteiger partial charge is 0.373 e. The number of hydrogen-bond acceptors (Lipinski definition) is 4. The fraction of sp³-hybridized carbons (Fsp3) is 0.0952. The highest BCUT2D eigenvalue weighted by molar-refractivity contribution is 6.32. The molecule has 0 saturated heterocycles. The molecule has 2 amide bonds. The molecular formula is C21H15ClN4O2. The molecule has 0 radical (unpaired) electrons. The van der Waals surface area contributed by atoms with Crippen LogP contribution in [0.5, 0.6) is 0 Å². The molecule has 0 bridgehead atoms. The molecule has 3 aromatic carbocycles. The van der Waals surface area contributed by atoms with E-state index in [4.69, 9.17) is 16.9 Å². The Bertz CT molecular complexity index is 1150. The van der Waals surface area contributed by atoms with Crippen molar-refractivity contribution in [2.24, 2.45) is 0 Å². The Morgan fingerprint density at radius 3 is 2.61 bits per heavy atom. The number of nitriles is 1. The number of benzene rings is 3. The maximum absolute atomic E-state index is 12.6. The van der Waals surface area contributed by atoms with Gasteiger partial charge in [-0.2, -0.15) is 5.26 Å². The Labute approximate surface area is 166 Å². The normalized spacial score (nSPS) is 15.1. The molecule has 3 N–H and O–H groups in total. The van der Waals surface area contributed by atoms with Crippen molar-refractivity contribution >= 4 is 51.2 Å². The lowest BCUT2D eigenvalue weighted by Gasteiger charge is -2.16.